The molecular weight excluding hydrogens is 403 g/mol. The summed E-state index contributed by atoms with van der Waals surface area (Å²) in [6, 6.07) is 6.08. The Morgan fingerprint density at radius 1 is 1.30 bits per heavy atom. The maximum atomic E-state index is 12.1. The number of aromatic nitrogens is 1. The van der Waals surface area contributed by atoms with E-state index in [-0.39, 0.29) is 5.91 Å². The molecule has 6 heteroatoms. The van der Waals surface area contributed by atoms with Crippen molar-refractivity contribution >= 4 is 66.5 Å². The van der Waals surface area contributed by atoms with Gasteiger partial charge in [0, 0.05) is 5.38 Å². The molecule has 2 heterocycles. The summed E-state index contributed by atoms with van der Waals surface area (Å²) in [4.78, 5) is 16.6. The fraction of sp³-hybridized carbons (Fsp3) is 0.143. The summed E-state index contributed by atoms with van der Waals surface area (Å²) >= 11 is 5.29. The number of anilines is 1. The summed E-state index contributed by atoms with van der Waals surface area (Å²) in [5, 5.41) is 5.39. The van der Waals surface area contributed by atoms with Crippen molar-refractivity contribution in [3.05, 3.63) is 43.2 Å². The second-order valence-corrected chi connectivity index (χ2v) is 8.38. The Labute approximate surface area is 138 Å². The van der Waals surface area contributed by atoms with E-state index in [0.29, 0.717) is 10.7 Å². The monoisotopic (exact) mass is 414 g/mol. The maximum absolute atomic E-state index is 12.1. The number of hydrogen-bond donors (Lipinski definition) is 1. The molecule has 3 nitrogen and oxygen atoms in total. The summed E-state index contributed by atoms with van der Waals surface area (Å²) in [6.45, 7) is 4.11. The largest absolute Gasteiger partial charge is 0.298 e. The van der Waals surface area contributed by atoms with E-state index in [9.17, 15) is 4.79 Å². The predicted octanol–water partition coefficient (Wildman–Crippen LogP) is 4.83. The molecule has 0 radical (unpaired) electrons. The van der Waals surface area contributed by atoms with Gasteiger partial charge in [-0.25, -0.2) is 4.98 Å². The van der Waals surface area contributed by atoms with Gasteiger partial charge in [0.1, 0.15) is 0 Å². The standard InChI is InChI=1S/C14H11IN2OS2/c1-7-3-8(2)12-10(4-7)20-14(16-12)17-13(18)9-5-11(15)19-6-9/h3-6H,1-2H3,(H,16,17,18). The van der Waals surface area contributed by atoms with Crippen LogP contribution in [0.2, 0.25) is 0 Å². The number of aryl methyl sites for hydroxylation is 2. The SMILES string of the molecule is Cc1cc(C)c2nc(NC(=O)c3csc(I)c3)sc2c1. The van der Waals surface area contributed by atoms with Crippen LogP contribution in [0.4, 0.5) is 5.13 Å². The van der Waals surface area contributed by atoms with E-state index in [1.807, 2.05) is 18.4 Å². The number of fused-ring (bicyclic) bond motifs is 1. The quantitative estimate of drug-likeness (QED) is 0.611. The Balaban J connectivity index is 1.91. The summed E-state index contributed by atoms with van der Waals surface area (Å²) in [7, 11) is 0. The molecule has 20 heavy (non-hydrogen) atoms. The van der Waals surface area contributed by atoms with Crippen LogP contribution in [-0.4, -0.2) is 10.9 Å². The predicted molar refractivity (Wildman–Crippen MR) is 94.1 cm³/mol. The number of halogens is 1. The Kier molecular flexibility index (Phi) is 3.78. The minimum atomic E-state index is -0.0994. The van der Waals surface area contributed by atoms with Crippen molar-refractivity contribution in [3.63, 3.8) is 0 Å². The highest BCUT2D eigenvalue weighted by Crippen LogP contribution is 2.29. The van der Waals surface area contributed by atoms with E-state index in [1.165, 1.54) is 16.9 Å². The fourth-order valence-electron chi connectivity index (χ4n) is 2.02. The van der Waals surface area contributed by atoms with Gasteiger partial charge in [0.15, 0.2) is 5.13 Å². The number of carbonyl (C=O) groups excluding carboxylic acids is 1. The molecule has 0 saturated heterocycles. The molecule has 0 fully saturated rings. The minimum Gasteiger partial charge on any atom is -0.298 e. The first kappa shape index (κ1) is 14.0. The van der Waals surface area contributed by atoms with Crippen molar-refractivity contribution in [1.29, 1.82) is 0 Å². The van der Waals surface area contributed by atoms with Crippen molar-refractivity contribution in [2.24, 2.45) is 0 Å². The van der Waals surface area contributed by atoms with Crippen LogP contribution < -0.4 is 5.32 Å². The van der Waals surface area contributed by atoms with Crippen LogP contribution >= 0.6 is 45.3 Å². The lowest BCUT2D eigenvalue weighted by Crippen LogP contribution is -2.10. The number of nitrogens with zero attached hydrogens (tertiary/aromatic N) is 1. The first-order valence-corrected chi connectivity index (χ1v) is 8.73. The molecule has 0 saturated carbocycles. The van der Waals surface area contributed by atoms with E-state index in [4.69, 9.17) is 0 Å². The van der Waals surface area contributed by atoms with E-state index in [2.05, 4.69) is 51.9 Å². The molecule has 0 aliphatic heterocycles. The number of thiazole rings is 1. The van der Waals surface area contributed by atoms with Gasteiger partial charge in [-0.05, 0) is 59.7 Å². The lowest BCUT2D eigenvalue weighted by atomic mass is 10.1. The van der Waals surface area contributed by atoms with Crippen LogP contribution in [0, 0.1) is 16.7 Å². The van der Waals surface area contributed by atoms with Gasteiger partial charge in [0.2, 0.25) is 0 Å². The van der Waals surface area contributed by atoms with Gasteiger partial charge in [0.05, 0.1) is 18.7 Å². The van der Waals surface area contributed by atoms with Crippen molar-refractivity contribution in [1.82, 2.24) is 4.98 Å². The van der Waals surface area contributed by atoms with Gasteiger partial charge < -0.3 is 0 Å². The zero-order valence-corrected chi connectivity index (χ0v) is 14.6. The van der Waals surface area contributed by atoms with Crippen molar-refractivity contribution < 1.29 is 4.79 Å². The summed E-state index contributed by atoms with van der Waals surface area (Å²) in [5.41, 5.74) is 4.01. The lowest BCUT2D eigenvalue weighted by Gasteiger charge is -1.97. The fourth-order valence-corrected chi connectivity index (χ4v) is 4.39. The van der Waals surface area contributed by atoms with Crippen LogP contribution in [0.1, 0.15) is 21.5 Å². The molecule has 0 aliphatic carbocycles. The molecular formula is C14H11IN2OS2. The third-order valence-corrected chi connectivity index (χ3v) is 5.59. The number of nitrogens with one attached hydrogen (secondary N) is 1. The van der Waals surface area contributed by atoms with E-state index in [0.717, 1.165) is 18.7 Å². The molecule has 102 valence electrons. The number of hydrogen-bond acceptors (Lipinski definition) is 4. The number of rotatable bonds is 2. The topological polar surface area (TPSA) is 42.0 Å². The average molecular weight is 414 g/mol. The summed E-state index contributed by atoms with van der Waals surface area (Å²) < 4.78 is 2.21. The lowest BCUT2D eigenvalue weighted by molar-refractivity contribution is 0.102. The molecule has 3 rings (SSSR count). The van der Waals surface area contributed by atoms with Crippen molar-refractivity contribution in [3.8, 4) is 0 Å². The summed E-state index contributed by atoms with van der Waals surface area (Å²) in [5.74, 6) is -0.0994. The van der Waals surface area contributed by atoms with Crippen molar-refractivity contribution in [2.75, 3.05) is 5.32 Å². The third-order valence-electron chi connectivity index (χ3n) is 2.88. The van der Waals surface area contributed by atoms with Crippen molar-refractivity contribution in [2.45, 2.75) is 13.8 Å². The zero-order valence-electron chi connectivity index (χ0n) is 10.9. The van der Waals surface area contributed by atoms with E-state index >= 15 is 0 Å². The molecule has 0 spiro atoms. The van der Waals surface area contributed by atoms with Gasteiger partial charge in [-0.2, -0.15) is 0 Å². The van der Waals surface area contributed by atoms with Crippen LogP contribution in [0.25, 0.3) is 10.2 Å². The number of thiophene rings is 1. The molecule has 1 amide bonds. The first-order chi connectivity index (χ1) is 9.52. The van der Waals surface area contributed by atoms with E-state index in [1.54, 1.807) is 11.3 Å². The van der Waals surface area contributed by atoms with Gasteiger partial charge in [-0.3, -0.25) is 10.1 Å². The normalized spacial score (nSPS) is 10.9. The Bertz CT molecular complexity index is 807. The van der Waals surface area contributed by atoms with Crippen LogP contribution in [-0.2, 0) is 0 Å². The second-order valence-electron chi connectivity index (χ2n) is 4.54. The molecule has 1 aromatic carbocycles. The summed E-state index contributed by atoms with van der Waals surface area (Å²) in [6.07, 6.45) is 0. The average Bonchev–Trinajstić information content (AvgIpc) is 2.95. The van der Waals surface area contributed by atoms with E-state index < -0.39 is 0 Å². The van der Waals surface area contributed by atoms with Gasteiger partial charge in [0.25, 0.3) is 5.91 Å². The zero-order chi connectivity index (χ0) is 14.3. The number of benzene rings is 1. The molecule has 1 N–H and O–H groups in total. The van der Waals surface area contributed by atoms with Gasteiger partial charge in [-0.1, -0.05) is 17.4 Å². The Morgan fingerprint density at radius 3 is 2.80 bits per heavy atom. The Morgan fingerprint density at radius 2 is 2.10 bits per heavy atom. The Hall–Kier alpha value is -0.990. The van der Waals surface area contributed by atoms with Crippen LogP contribution in [0.15, 0.2) is 23.6 Å². The highest BCUT2D eigenvalue weighted by atomic mass is 127. The third kappa shape index (κ3) is 2.72. The number of amides is 1. The molecule has 0 bridgehead atoms. The minimum absolute atomic E-state index is 0.0994. The van der Waals surface area contributed by atoms with Crippen LogP contribution in [0.5, 0.6) is 0 Å². The first-order valence-electron chi connectivity index (χ1n) is 5.96. The molecule has 0 unspecified atom stereocenters. The molecule has 3 aromatic rings. The molecule has 2 aromatic heterocycles. The smallest absolute Gasteiger partial charge is 0.258 e. The molecule has 0 atom stereocenters. The van der Waals surface area contributed by atoms with Gasteiger partial charge >= 0.3 is 0 Å². The molecule has 0 aliphatic rings. The van der Waals surface area contributed by atoms with Crippen LogP contribution in [0.3, 0.4) is 0 Å². The number of carbonyl (C=O) groups is 1. The highest BCUT2D eigenvalue weighted by Gasteiger charge is 2.12. The van der Waals surface area contributed by atoms with Gasteiger partial charge in [-0.15, -0.1) is 11.3 Å². The highest BCUT2D eigenvalue weighted by molar-refractivity contribution is 14.1. The maximum Gasteiger partial charge on any atom is 0.258 e. The second kappa shape index (κ2) is 5.42.